The van der Waals surface area contributed by atoms with E-state index in [9.17, 15) is 50.0 Å². The lowest BCUT2D eigenvalue weighted by atomic mass is 9.85. The van der Waals surface area contributed by atoms with E-state index in [0.717, 1.165) is 44.9 Å². The summed E-state index contributed by atoms with van der Waals surface area (Å²) >= 11 is 0. The molecule has 63 heavy (non-hydrogen) atoms. The number of phosphoric acid groups is 1. The van der Waals surface area contributed by atoms with Crippen molar-refractivity contribution in [2.24, 2.45) is 0 Å². The first kappa shape index (κ1) is 60.1. The fourth-order valence-electron chi connectivity index (χ4n) is 8.42. The summed E-state index contributed by atoms with van der Waals surface area (Å²) in [4.78, 5) is 23.5. The van der Waals surface area contributed by atoms with Gasteiger partial charge < -0.3 is 46.0 Å². The lowest BCUT2D eigenvalue weighted by Crippen LogP contribution is -2.64. The van der Waals surface area contributed by atoms with Crippen LogP contribution in [0.5, 0.6) is 0 Å². The van der Waals surface area contributed by atoms with Crippen LogP contribution in [0, 0.1) is 0 Å². The second kappa shape index (κ2) is 39.1. The number of phosphoric ester groups is 1. The Hall–Kier alpha value is -0.960. The Morgan fingerprint density at radius 2 is 0.905 bits per heavy atom. The van der Waals surface area contributed by atoms with Crippen molar-refractivity contribution in [1.29, 1.82) is 0 Å². The summed E-state index contributed by atoms with van der Waals surface area (Å²) in [6, 6.07) is -1.24. The smallest absolute Gasteiger partial charge is 0.393 e. The zero-order chi connectivity index (χ0) is 46.6. The summed E-state index contributed by atoms with van der Waals surface area (Å²) in [6.07, 6.45) is 28.6. The average Bonchev–Trinajstić information content (AvgIpc) is 3.26. The highest BCUT2D eigenvalue weighted by molar-refractivity contribution is 7.47. The van der Waals surface area contributed by atoms with Crippen LogP contribution < -0.4 is 5.32 Å². The normalized spacial score (nSPS) is 22.9. The molecule has 374 valence electrons. The fraction of sp³-hybridized carbons (Fsp3) is 0.939. The van der Waals surface area contributed by atoms with Gasteiger partial charge in [0.2, 0.25) is 5.91 Å². The Bertz CT molecular complexity index is 1130. The van der Waals surface area contributed by atoms with E-state index in [2.05, 4.69) is 19.2 Å². The third-order valence-electron chi connectivity index (χ3n) is 12.6. The summed E-state index contributed by atoms with van der Waals surface area (Å²) < 4.78 is 22.9. The van der Waals surface area contributed by atoms with Gasteiger partial charge in [-0.1, -0.05) is 219 Å². The number of carbonyl (C=O) groups excluding carboxylic acids is 1. The molecular weight excluding hydrogens is 826 g/mol. The number of nitrogens with one attached hydrogen (secondary N) is 1. The van der Waals surface area contributed by atoms with E-state index in [0.29, 0.717) is 12.8 Å². The van der Waals surface area contributed by atoms with Gasteiger partial charge in [0.15, 0.2) is 0 Å². The van der Waals surface area contributed by atoms with Gasteiger partial charge in [0.05, 0.1) is 31.3 Å². The first-order valence-electron chi connectivity index (χ1n) is 25.7. The highest BCUT2D eigenvalue weighted by Crippen LogP contribution is 2.47. The minimum Gasteiger partial charge on any atom is -0.393 e. The highest BCUT2D eigenvalue weighted by atomic mass is 31.2. The molecule has 0 aromatic rings. The van der Waals surface area contributed by atoms with Gasteiger partial charge >= 0.3 is 7.82 Å². The fourth-order valence-corrected chi connectivity index (χ4v) is 9.39. The first-order valence-corrected chi connectivity index (χ1v) is 27.2. The van der Waals surface area contributed by atoms with E-state index >= 15 is 0 Å². The summed E-state index contributed by atoms with van der Waals surface area (Å²) in [6.45, 7) is 3.77. The molecule has 1 aliphatic rings. The Morgan fingerprint density at radius 1 is 0.556 bits per heavy atom. The number of hydrogen-bond acceptors (Lipinski definition) is 11. The van der Waals surface area contributed by atoms with Gasteiger partial charge in [-0.3, -0.25) is 13.8 Å². The van der Waals surface area contributed by atoms with E-state index < -0.39 is 75.2 Å². The molecule has 8 unspecified atom stereocenters. The summed E-state index contributed by atoms with van der Waals surface area (Å²) in [5.74, 6) is -0.588. The largest absolute Gasteiger partial charge is 0.472 e. The first-order chi connectivity index (χ1) is 30.3. The van der Waals surface area contributed by atoms with Crippen LogP contribution in [0.1, 0.15) is 232 Å². The number of unbranched alkanes of at least 4 members (excludes halogenated alkanes) is 30. The topological polar surface area (TPSA) is 226 Å². The third-order valence-corrected chi connectivity index (χ3v) is 13.6. The van der Waals surface area contributed by atoms with Crippen LogP contribution in [0.3, 0.4) is 0 Å². The Morgan fingerprint density at radius 3 is 1.30 bits per heavy atom. The van der Waals surface area contributed by atoms with Crippen LogP contribution in [0.2, 0.25) is 0 Å². The third kappa shape index (κ3) is 30.9. The van der Waals surface area contributed by atoms with Crippen molar-refractivity contribution in [3.8, 4) is 0 Å². The molecule has 1 aliphatic carbocycles. The molecule has 0 heterocycles. The average molecular weight is 922 g/mol. The Labute approximate surface area is 382 Å². The molecule has 14 heteroatoms. The van der Waals surface area contributed by atoms with Gasteiger partial charge in [-0.15, -0.1) is 0 Å². The van der Waals surface area contributed by atoms with E-state index in [-0.39, 0.29) is 6.42 Å². The van der Waals surface area contributed by atoms with E-state index in [1.807, 2.05) is 0 Å². The van der Waals surface area contributed by atoms with Gasteiger partial charge in [0, 0.05) is 0 Å². The quantitative estimate of drug-likeness (QED) is 0.0158. The Kier molecular flexibility index (Phi) is 37.3. The summed E-state index contributed by atoms with van der Waals surface area (Å²) in [5, 5.41) is 74.6. The minimum atomic E-state index is -5.14. The molecule has 9 N–H and O–H groups in total. The second-order valence-electron chi connectivity index (χ2n) is 18.6. The molecule has 0 aromatic carbocycles. The standard InChI is InChI=1S/C49H96NO12P/c1-3-5-7-9-11-13-15-17-19-21-23-25-27-29-31-33-35-37-42(52)41(39-61-63(59,60)62-49-47(57)45(55)44(54)46(56)48(49)58)50-43(53)38-40(51)36-34-32-30-28-26-24-22-20-18-16-14-12-10-8-6-4-2/h35,37,40-42,44-49,51-52,54-58H,3-34,36,38-39H2,1-2H3,(H,50,53)(H,59,60)/b37-35+. The minimum absolute atomic E-state index is 0.239. The molecule has 0 bridgehead atoms. The predicted octanol–water partition coefficient (Wildman–Crippen LogP) is 9.37. The molecule has 1 fully saturated rings. The number of aliphatic hydroxyl groups is 7. The van der Waals surface area contributed by atoms with Crippen LogP contribution in [0.25, 0.3) is 0 Å². The second-order valence-corrected chi connectivity index (χ2v) is 20.0. The van der Waals surface area contributed by atoms with Crippen LogP contribution in [-0.2, 0) is 18.4 Å². The van der Waals surface area contributed by atoms with Crippen molar-refractivity contribution >= 4 is 13.7 Å². The lowest BCUT2D eigenvalue weighted by molar-refractivity contribution is -0.220. The highest BCUT2D eigenvalue weighted by Gasteiger charge is 2.51. The van der Waals surface area contributed by atoms with Crippen LogP contribution in [-0.4, -0.2) is 108 Å². The van der Waals surface area contributed by atoms with E-state index in [1.54, 1.807) is 6.08 Å². The molecule has 8 atom stereocenters. The molecule has 1 rings (SSSR count). The van der Waals surface area contributed by atoms with Crippen molar-refractivity contribution in [3.63, 3.8) is 0 Å². The van der Waals surface area contributed by atoms with Crippen molar-refractivity contribution in [2.75, 3.05) is 6.61 Å². The maximum Gasteiger partial charge on any atom is 0.472 e. The van der Waals surface area contributed by atoms with Gasteiger partial charge in [-0.2, -0.15) is 0 Å². The van der Waals surface area contributed by atoms with Gasteiger partial charge in [0.1, 0.15) is 36.6 Å². The number of amides is 1. The summed E-state index contributed by atoms with van der Waals surface area (Å²) in [7, 11) is -5.14. The molecule has 13 nitrogen and oxygen atoms in total. The molecule has 0 radical (unpaired) electrons. The molecule has 1 amide bonds. The lowest BCUT2D eigenvalue weighted by Gasteiger charge is -2.41. The Balaban J connectivity index is 2.49. The maximum absolute atomic E-state index is 13.0. The molecular formula is C49H96NO12P. The number of allylic oxidation sites excluding steroid dienone is 1. The van der Waals surface area contributed by atoms with E-state index in [4.69, 9.17) is 9.05 Å². The van der Waals surface area contributed by atoms with Crippen molar-refractivity contribution in [1.82, 2.24) is 5.32 Å². The van der Waals surface area contributed by atoms with Gasteiger partial charge in [-0.05, 0) is 19.3 Å². The zero-order valence-corrected chi connectivity index (χ0v) is 40.7. The SMILES string of the molecule is CCCCCCCCCCCCCCCCC/C=C/C(O)C(COP(=O)(O)OC1C(O)C(O)C(O)C(O)C1O)NC(=O)CC(O)CCCCCCCCCCCCCCCCCC. The van der Waals surface area contributed by atoms with Gasteiger partial charge in [0.25, 0.3) is 0 Å². The molecule has 0 saturated heterocycles. The zero-order valence-electron chi connectivity index (χ0n) is 39.8. The number of hydrogen-bond donors (Lipinski definition) is 9. The molecule has 1 saturated carbocycles. The van der Waals surface area contributed by atoms with Crippen LogP contribution in [0.15, 0.2) is 12.2 Å². The predicted molar refractivity (Wildman–Crippen MR) is 252 cm³/mol. The number of rotatable bonds is 43. The number of aliphatic hydroxyl groups excluding tert-OH is 7. The molecule has 0 spiro atoms. The van der Waals surface area contributed by atoms with Crippen molar-refractivity contribution < 1.29 is 59.0 Å². The molecule has 0 aromatic heterocycles. The maximum atomic E-state index is 13.0. The van der Waals surface area contributed by atoms with Crippen LogP contribution in [0.4, 0.5) is 0 Å². The van der Waals surface area contributed by atoms with Crippen molar-refractivity contribution in [2.45, 2.75) is 287 Å². The monoisotopic (exact) mass is 922 g/mol. The molecule has 0 aliphatic heterocycles. The number of carbonyl (C=O) groups is 1. The van der Waals surface area contributed by atoms with Crippen molar-refractivity contribution in [3.05, 3.63) is 12.2 Å². The van der Waals surface area contributed by atoms with Gasteiger partial charge in [-0.25, -0.2) is 4.57 Å². The summed E-state index contributed by atoms with van der Waals surface area (Å²) in [5.41, 5.74) is 0. The van der Waals surface area contributed by atoms with Crippen LogP contribution >= 0.6 is 7.82 Å². The van der Waals surface area contributed by atoms with E-state index in [1.165, 1.54) is 160 Å².